The molecule has 2 unspecified atom stereocenters. The van der Waals surface area contributed by atoms with E-state index in [-0.39, 0.29) is 25.9 Å². The lowest BCUT2D eigenvalue weighted by molar-refractivity contribution is -0.873. The SMILES string of the molecule is C[N+](C)(C)CC(CC(=O)[O-])OC(=O)CCC(=O)OC(CC(=O)[O-])C[N+](C)(C)C. The van der Waals surface area contributed by atoms with Crippen molar-refractivity contribution >= 4 is 23.9 Å². The molecule has 0 amide bonds. The van der Waals surface area contributed by atoms with Crippen LogP contribution in [0.25, 0.3) is 0 Å². The van der Waals surface area contributed by atoms with Gasteiger partial charge in [0, 0.05) is 24.8 Å². The number of esters is 2. The van der Waals surface area contributed by atoms with E-state index in [1.807, 2.05) is 42.3 Å². The lowest BCUT2D eigenvalue weighted by atomic mass is 10.2. The maximum Gasteiger partial charge on any atom is 0.306 e. The molecule has 0 aromatic carbocycles. The van der Waals surface area contributed by atoms with Crippen LogP contribution in [0.15, 0.2) is 0 Å². The van der Waals surface area contributed by atoms with E-state index in [0.29, 0.717) is 8.97 Å². The number of aliphatic carboxylic acids is 2. The van der Waals surface area contributed by atoms with E-state index in [1.165, 1.54) is 0 Å². The van der Waals surface area contributed by atoms with Crippen LogP contribution in [0, 0.1) is 0 Å². The van der Waals surface area contributed by atoms with Crippen molar-refractivity contribution in [2.45, 2.75) is 37.9 Å². The molecule has 28 heavy (non-hydrogen) atoms. The summed E-state index contributed by atoms with van der Waals surface area (Å²) in [6, 6.07) is 0. The monoisotopic (exact) mass is 404 g/mol. The van der Waals surface area contributed by atoms with Gasteiger partial charge >= 0.3 is 11.9 Å². The lowest BCUT2D eigenvalue weighted by Crippen LogP contribution is -2.45. The lowest BCUT2D eigenvalue weighted by Gasteiger charge is -2.29. The molecular formula is C18H32N2O8. The van der Waals surface area contributed by atoms with Crippen molar-refractivity contribution in [2.75, 3.05) is 55.4 Å². The molecule has 0 N–H and O–H groups in total. The van der Waals surface area contributed by atoms with E-state index < -0.39 is 48.9 Å². The third kappa shape index (κ3) is 14.9. The van der Waals surface area contributed by atoms with Crippen molar-refractivity contribution in [3.8, 4) is 0 Å². The maximum absolute atomic E-state index is 12.0. The molecule has 0 aromatic rings. The van der Waals surface area contributed by atoms with Gasteiger partial charge in [-0.3, -0.25) is 9.59 Å². The first-order valence-electron chi connectivity index (χ1n) is 8.97. The molecule has 0 aliphatic rings. The summed E-state index contributed by atoms with van der Waals surface area (Å²) >= 11 is 0. The number of likely N-dealkylation sites (N-methyl/N-ethyl adjacent to an activating group) is 2. The molecule has 10 nitrogen and oxygen atoms in total. The number of carbonyl (C=O) groups excluding carboxylic acids is 4. The average molecular weight is 404 g/mol. The van der Waals surface area contributed by atoms with Gasteiger partial charge in [-0.05, 0) is 0 Å². The fourth-order valence-electron chi connectivity index (χ4n) is 2.57. The minimum absolute atomic E-state index is 0.265. The number of hydrogen-bond acceptors (Lipinski definition) is 8. The Kier molecular flexibility index (Phi) is 10.1. The van der Waals surface area contributed by atoms with Crippen molar-refractivity contribution in [2.24, 2.45) is 0 Å². The van der Waals surface area contributed by atoms with Crippen molar-refractivity contribution in [1.82, 2.24) is 0 Å². The van der Waals surface area contributed by atoms with Gasteiger partial charge in [-0.15, -0.1) is 0 Å². The topological polar surface area (TPSA) is 133 Å². The Morgan fingerprint density at radius 2 is 0.964 bits per heavy atom. The van der Waals surface area contributed by atoms with Gasteiger partial charge in [0.1, 0.15) is 13.1 Å². The number of carboxylic acid groups (broad SMARTS) is 2. The van der Waals surface area contributed by atoms with E-state index >= 15 is 0 Å². The molecule has 10 heteroatoms. The predicted molar refractivity (Wildman–Crippen MR) is 94.0 cm³/mol. The van der Waals surface area contributed by atoms with Crippen LogP contribution in [0.4, 0.5) is 0 Å². The molecular weight excluding hydrogens is 372 g/mol. The second-order valence-electron chi connectivity index (χ2n) is 8.82. The Morgan fingerprint density at radius 1 is 0.679 bits per heavy atom. The third-order valence-corrected chi connectivity index (χ3v) is 3.42. The minimum atomic E-state index is -1.34. The van der Waals surface area contributed by atoms with Gasteiger partial charge in [0.2, 0.25) is 0 Å². The van der Waals surface area contributed by atoms with Crippen LogP contribution >= 0.6 is 0 Å². The number of carboxylic acids is 2. The molecule has 0 bridgehead atoms. The smallest absolute Gasteiger partial charge is 0.306 e. The van der Waals surface area contributed by atoms with Crippen LogP contribution < -0.4 is 10.2 Å². The summed E-state index contributed by atoms with van der Waals surface area (Å²) in [5.74, 6) is -4.15. The summed E-state index contributed by atoms with van der Waals surface area (Å²) < 4.78 is 11.1. The molecule has 0 radical (unpaired) electrons. The molecule has 0 aliphatic carbocycles. The van der Waals surface area contributed by atoms with Gasteiger partial charge < -0.3 is 38.2 Å². The predicted octanol–water partition coefficient (Wildman–Crippen LogP) is -2.72. The molecule has 162 valence electrons. The highest BCUT2D eigenvalue weighted by Crippen LogP contribution is 2.10. The summed E-state index contributed by atoms with van der Waals surface area (Å²) in [5.41, 5.74) is 0. The van der Waals surface area contributed by atoms with Crippen LogP contribution in [0.3, 0.4) is 0 Å². The standard InChI is InChI=1S/C18H32N2O8/c1-19(2,3)11-13(9-15(21)22)27-17(25)7-8-18(26)28-14(10-16(23)24)12-20(4,5)6/h13-14H,7-12H2,1-6H3. The summed E-state index contributed by atoms with van der Waals surface area (Å²) in [5, 5.41) is 21.7. The Morgan fingerprint density at radius 3 is 1.18 bits per heavy atom. The molecule has 0 saturated heterocycles. The van der Waals surface area contributed by atoms with Gasteiger partial charge in [0.05, 0.1) is 55.1 Å². The zero-order chi connectivity index (χ0) is 22.1. The highest BCUT2D eigenvalue weighted by Gasteiger charge is 2.25. The summed E-state index contributed by atoms with van der Waals surface area (Å²) in [6.45, 7) is 0.530. The Bertz CT molecular complexity index is 513. The Balaban J connectivity index is 4.65. The second-order valence-corrected chi connectivity index (χ2v) is 8.82. The normalized spacial score (nSPS) is 14.1. The number of hydrogen-bond donors (Lipinski definition) is 0. The van der Waals surface area contributed by atoms with Gasteiger partial charge in [-0.1, -0.05) is 0 Å². The zero-order valence-electron chi connectivity index (χ0n) is 17.6. The van der Waals surface area contributed by atoms with Crippen LogP contribution in [-0.4, -0.2) is 100 Å². The summed E-state index contributed by atoms with van der Waals surface area (Å²) in [4.78, 5) is 45.6. The molecule has 0 aromatic heterocycles. The van der Waals surface area contributed by atoms with Gasteiger partial charge in [-0.2, -0.15) is 0 Å². The Labute approximate surface area is 165 Å². The van der Waals surface area contributed by atoms with Crippen LogP contribution in [-0.2, 0) is 28.7 Å². The van der Waals surface area contributed by atoms with Crippen molar-refractivity contribution in [1.29, 1.82) is 0 Å². The number of carbonyl (C=O) groups is 4. The van der Waals surface area contributed by atoms with Gasteiger partial charge in [-0.25, -0.2) is 0 Å². The zero-order valence-corrected chi connectivity index (χ0v) is 17.6. The number of nitrogens with zero attached hydrogens (tertiary/aromatic N) is 2. The quantitative estimate of drug-likeness (QED) is 0.239. The van der Waals surface area contributed by atoms with Gasteiger partial charge in [0.15, 0.2) is 12.2 Å². The third-order valence-electron chi connectivity index (χ3n) is 3.42. The highest BCUT2D eigenvalue weighted by molar-refractivity contribution is 5.78. The van der Waals surface area contributed by atoms with E-state index in [4.69, 9.17) is 9.47 Å². The molecule has 0 heterocycles. The van der Waals surface area contributed by atoms with E-state index in [1.54, 1.807) is 0 Å². The Hall–Kier alpha value is -2.20. The number of ether oxygens (including phenoxy) is 2. The van der Waals surface area contributed by atoms with Crippen molar-refractivity contribution in [3.63, 3.8) is 0 Å². The molecule has 0 spiro atoms. The fourth-order valence-corrected chi connectivity index (χ4v) is 2.57. The first kappa shape index (κ1) is 25.8. The van der Waals surface area contributed by atoms with Crippen LogP contribution in [0.5, 0.6) is 0 Å². The van der Waals surface area contributed by atoms with E-state index in [0.717, 1.165) is 0 Å². The first-order chi connectivity index (χ1) is 12.6. The highest BCUT2D eigenvalue weighted by atomic mass is 16.6. The van der Waals surface area contributed by atoms with Crippen LogP contribution in [0.2, 0.25) is 0 Å². The van der Waals surface area contributed by atoms with E-state index in [2.05, 4.69) is 0 Å². The summed E-state index contributed by atoms with van der Waals surface area (Å²) in [7, 11) is 10.9. The van der Waals surface area contributed by atoms with Crippen LogP contribution in [0.1, 0.15) is 25.7 Å². The number of rotatable bonds is 13. The second kappa shape index (κ2) is 11.0. The largest absolute Gasteiger partial charge is 0.550 e. The number of quaternary nitrogens is 2. The maximum atomic E-state index is 12.0. The average Bonchev–Trinajstić information content (AvgIpc) is 2.39. The molecule has 2 atom stereocenters. The minimum Gasteiger partial charge on any atom is -0.550 e. The molecule has 0 rings (SSSR count). The summed E-state index contributed by atoms with van der Waals surface area (Å²) in [6.07, 6.45) is -3.24. The van der Waals surface area contributed by atoms with Gasteiger partial charge in [0.25, 0.3) is 0 Å². The van der Waals surface area contributed by atoms with E-state index in [9.17, 15) is 29.4 Å². The van der Waals surface area contributed by atoms with Crippen molar-refractivity contribution < 1.29 is 47.8 Å². The molecule has 0 aliphatic heterocycles. The van der Waals surface area contributed by atoms with Crippen molar-refractivity contribution in [3.05, 3.63) is 0 Å². The molecule has 0 saturated carbocycles. The fraction of sp³-hybridized carbons (Fsp3) is 0.778. The first-order valence-corrected chi connectivity index (χ1v) is 8.97. The molecule has 0 fully saturated rings.